The summed E-state index contributed by atoms with van der Waals surface area (Å²) >= 11 is 5.44. The van der Waals surface area contributed by atoms with Gasteiger partial charge in [0.15, 0.2) is 0 Å². The van der Waals surface area contributed by atoms with Crippen LogP contribution in [-0.4, -0.2) is 107 Å². The second-order valence-corrected chi connectivity index (χ2v) is 44.8. The van der Waals surface area contributed by atoms with Gasteiger partial charge in [0.25, 0.3) is 0 Å². The molecule has 20 rings (SSSR count). The first-order valence-electron chi connectivity index (χ1n) is 52.2. The van der Waals surface area contributed by atoms with Gasteiger partial charge in [0.2, 0.25) is 0 Å². The molecule has 5 spiro atoms. The number of hydrogen-bond acceptors (Lipinski definition) is 16. The van der Waals surface area contributed by atoms with Crippen LogP contribution in [0.5, 0.6) is 17.2 Å². The van der Waals surface area contributed by atoms with Crippen molar-refractivity contribution in [1.29, 1.82) is 0 Å². The standard InChI is InChI=1S/2C24H30FNO.3C23H31NO2S/c2*25-21-10-7-9-20(18-21)8-1-3-12-23(22-11-2-6-16-26-22)15-17-27-24(19-23)13-4-5-14-24;3*1-25-19-10-17-27-20(19)8-2-4-11-22(21-9-3-7-15-24-21)14-16-26-23(18-22)12-5-6-13-23/h2*2,6-7,9-11,16,18H,1,3-5,8,12-15,17,19H2;3*3,7,9-10,15,17H,2,4-6,8,11-14,16,18H2,1H3/t23-;;2*22-;/m1.10./s1. The Morgan fingerprint density at radius 2 is 0.496 bits per heavy atom. The molecule has 0 N–H and O–H groups in total. The Labute approximate surface area is 818 Å². The Balaban J connectivity index is 0.000000123. The molecule has 0 bridgehead atoms. The lowest BCUT2D eigenvalue weighted by Crippen LogP contribution is -2.46. The van der Waals surface area contributed by atoms with E-state index in [9.17, 15) is 8.78 Å². The first-order valence-corrected chi connectivity index (χ1v) is 54.9. The average molecular weight is 1890 g/mol. The molecule has 726 valence electrons. The SMILES string of the molecule is COc1ccsc1CCCCC1(c2ccccn2)CCOC2(CCCC2)C1.COc1ccsc1CCCC[C@@]1(c2ccccn2)CCOC2(CCCC2)C1.COc1ccsc1CCCC[C@]1(c2ccccn2)CCOC2(CCCC2)C1.Fc1cccc(CCCCC2(c3ccccn3)CCOC3(CCCC3)C2)c1.Fc1cccc(CCCC[C@@]2(c3ccccn3)CCOC3(CCCC3)C2)c1. The summed E-state index contributed by atoms with van der Waals surface area (Å²) in [4.78, 5) is 28.1. The number of pyridine rings is 5. The molecule has 10 fully saturated rings. The van der Waals surface area contributed by atoms with E-state index in [1.54, 1.807) is 33.5 Å². The number of benzene rings is 2. The van der Waals surface area contributed by atoms with Crippen LogP contribution < -0.4 is 14.2 Å². The summed E-state index contributed by atoms with van der Waals surface area (Å²) in [5.41, 5.74) is 9.86. The van der Waals surface area contributed by atoms with Crippen molar-refractivity contribution < 1.29 is 46.7 Å². The van der Waals surface area contributed by atoms with Crippen LogP contribution in [0, 0.1) is 11.6 Å². The van der Waals surface area contributed by atoms with Crippen LogP contribution in [0.4, 0.5) is 8.78 Å². The highest BCUT2D eigenvalue weighted by molar-refractivity contribution is 7.10. The number of aromatic nitrogens is 5. The molecule has 10 aliphatic rings. The topological polar surface area (TPSA) is 138 Å². The summed E-state index contributed by atoms with van der Waals surface area (Å²) in [5, 5.41) is 6.39. The molecule has 8 aromatic heterocycles. The molecule has 5 saturated heterocycles. The molecule has 5 aliphatic carbocycles. The molecule has 2 unspecified atom stereocenters. The fourth-order valence-electron chi connectivity index (χ4n) is 26.3. The van der Waals surface area contributed by atoms with Crippen molar-refractivity contribution in [2.45, 2.75) is 376 Å². The molecule has 18 heteroatoms. The van der Waals surface area contributed by atoms with Crippen LogP contribution in [0.25, 0.3) is 0 Å². The number of unbranched alkanes of at least 4 members (excludes halogenated alkanes) is 5. The first-order chi connectivity index (χ1) is 66.2. The summed E-state index contributed by atoms with van der Waals surface area (Å²) in [6, 6.07) is 52.2. The maximum Gasteiger partial charge on any atom is 0.132 e. The van der Waals surface area contributed by atoms with E-state index in [0.717, 1.165) is 196 Å². The van der Waals surface area contributed by atoms with Crippen molar-refractivity contribution in [2.75, 3.05) is 54.4 Å². The third-order valence-corrected chi connectivity index (χ3v) is 36.0. The van der Waals surface area contributed by atoms with Crippen molar-refractivity contribution in [3.63, 3.8) is 0 Å². The smallest absolute Gasteiger partial charge is 0.132 e. The minimum atomic E-state index is -0.134. The van der Waals surface area contributed by atoms with Gasteiger partial charge in [-0.2, -0.15) is 0 Å². The molecule has 135 heavy (non-hydrogen) atoms. The Bertz CT molecular complexity index is 4700. The van der Waals surface area contributed by atoms with Gasteiger partial charge in [-0.25, -0.2) is 8.78 Å². The predicted molar refractivity (Wildman–Crippen MR) is 545 cm³/mol. The van der Waals surface area contributed by atoms with Gasteiger partial charge in [0.05, 0.1) is 49.3 Å². The van der Waals surface area contributed by atoms with E-state index < -0.39 is 0 Å². The Kier molecular flexibility index (Phi) is 36.0. The monoisotopic (exact) mass is 1890 g/mol. The van der Waals surface area contributed by atoms with Crippen molar-refractivity contribution in [3.8, 4) is 17.2 Å². The van der Waals surface area contributed by atoms with Crippen molar-refractivity contribution >= 4 is 34.0 Å². The third kappa shape index (κ3) is 26.1. The van der Waals surface area contributed by atoms with E-state index in [1.165, 1.54) is 241 Å². The Morgan fingerprint density at radius 3 is 0.704 bits per heavy atom. The number of thiophene rings is 3. The maximum absolute atomic E-state index is 13.4. The number of methoxy groups -OCH3 is 3. The van der Waals surface area contributed by atoms with Gasteiger partial charge in [0.1, 0.15) is 28.9 Å². The molecule has 5 aliphatic heterocycles. The molecule has 13 nitrogen and oxygen atoms in total. The quantitative estimate of drug-likeness (QED) is 0.0361. The normalized spacial score (nSPS) is 24.3. The van der Waals surface area contributed by atoms with Crippen LogP contribution >= 0.6 is 34.0 Å². The van der Waals surface area contributed by atoms with E-state index in [2.05, 4.69) is 95.0 Å². The minimum Gasteiger partial charge on any atom is -0.496 e. The largest absolute Gasteiger partial charge is 0.496 e. The lowest BCUT2D eigenvalue weighted by Gasteiger charge is -2.46. The zero-order chi connectivity index (χ0) is 92.9. The highest BCUT2D eigenvalue weighted by Gasteiger charge is 2.54. The van der Waals surface area contributed by atoms with Crippen molar-refractivity contribution in [2.24, 2.45) is 0 Å². The van der Waals surface area contributed by atoms with Gasteiger partial charge in [-0.05, 0) is 355 Å². The van der Waals surface area contributed by atoms with Gasteiger partial charge in [-0.1, -0.05) is 151 Å². The van der Waals surface area contributed by atoms with Crippen LogP contribution in [0.2, 0.25) is 0 Å². The van der Waals surface area contributed by atoms with E-state index in [-0.39, 0.29) is 66.7 Å². The van der Waals surface area contributed by atoms with E-state index in [0.29, 0.717) is 0 Å². The van der Waals surface area contributed by atoms with Crippen molar-refractivity contribution in [3.05, 3.63) is 271 Å². The van der Waals surface area contributed by atoms with Gasteiger partial charge in [-0.3, -0.25) is 24.9 Å². The summed E-state index contributed by atoms with van der Waals surface area (Å²) in [7, 11) is 5.31. The minimum absolute atomic E-state index is 0.0817. The van der Waals surface area contributed by atoms with E-state index in [4.69, 9.17) is 62.8 Å². The second-order valence-electron chi connectivity index (χ2n) is 41.8. The first kappa shape index (κ1) is 100. The highest BCUT2D eigenvalue weighted by atomic mass is 32.1. The summed E-state index contributed by atoms with van der Waals surface area (Å²) in [6.45, 7) is 4.35. The molecular formula is C117H153F2N5O8S3. The van der Waals surface area contributed by atoms with Crippen molar-refractivity contribution in [1.82, 2.24) is 24.9 Å². The molecule has 10 aromatic rings. The number of aryl methyl sites for hydroxylation is 5. The summed E-state index contributed by atoms with van der Waals surface area (Å²) in [5.74, 6) is 2.89. The highest BCUT2D eigenvalue weighted by Crippen LogP contribution is 2.57. The molecule has 0 radical (unpaired) electrons. The van der Waals surface area contributed by atoms with Crippen LogP contribution in [-0.2, 0) is 82.9 Å². The molecular weight excluding hydrogens is 1740 g/mol. The number of nitrogens with zero attached hydrogens (tertiary/aromatic N) is 5. The predicted octanol–water partition coefficient (Wildman–Crippen LogP) is 29.8. The van der Waals surface area contributed by atoms with Crippen LogP contribution in [0.15, 0.2) is 205 Å². The number of rotatable bonds is 33. The van der Waals surface area contributed by atoms with E-state index in [1.807, 2.05) is 120 Å². The van der Waals surface area contributed by atoms with Gasteiger partial charge in [0, 0.05) is 134 Å². The van der Waals surface area contributed by atoms with Gasteiger partial charge in [-0.15, -0.1) is 34.0 Å². The fourth-order valence-corrected chi connectivity index (χ4v) is 28.9. The van der Waals surface area contributed by atoms with Gasteiger partial charge < -0.3 is 37.9 Å². The fraction of sp³-hybridized carbons (Fsp3) is 0.581. The van der Waals surface area contributed by atoms with E-state index >= 15 is 0 Å². The molecule has 2 aromatic carbocycles. The third-order valence-electron chi connectivity index (χ3n) is 33.1. The number of hydrogen-bond donors (Lipinski definition) is 0. The Hall–Kier alpha value is -7.65. The molecule has 0 amide bonds. The van der Waals surface area contributed by atoms with Gasteiger partial charge >= 0.3 is 0 Å². The lowest BCUT2D eigenvalue weighted by atomic mass is 9.67. The summed E-state index contributed by atoms with van der Waals surface area (Å²) in [6.07, 6.45) is 69.0. The number of ether oxygens (including phenoxy) is 8. The number of halogens is 2. The van der Waals surface area contributed by atoms with Crippen LogP contribution in [0.3, 0.4) is 0 Å². The lowest BCUT2D eigenvalue weighted by molar-refractivity contribution is -0.105. The molecule has 5 atom stereocenters. The molecule has 5 saturated carbocycles. The zero-order valence-corrected chi connectivity index (χ0v) is 84.0. The average Bonchev–Trinajstić information content (AvgIpc) is 1.77. The maximum atomic E-state index is 13.4. The molecule has 13 heterocycles. The second kappa shape index (κ2) is 48.5. The zero-order valence-electron chi connectivity index (χ0n) is 81.5. The summed E-state index contributed by atoms with van der Waals surface area (Å²) < 4.78 is 74.9. The Morgan fingerprint density at radius 1 is 0.267 bits per heavy atom. The van der Waals surface area contributed by atoms with Crippen LogP contribution in [0.1, 0.15) is 343 Å².